The van der Waals surface area contributed by atoms with Gasteiger partial charge in [0, 0.05) is 28.5 Å². The summed E-state index contributed by atoms with van der Waals surface area (Å²) in [5.41, 5.74) is 3.15. The summed E-state index contributed by atoms with van der Waals surface area (Å²) in [6.45, 7) is 1.92. The van der Waals surface area contributed by atoms with Crippen LogP contribution >= 0.6 is 11.3 Å². The number of nitrogens with one attached hydrogen (secondary N) is 1. The van der Waals surface area contributed by atoms with Crippen molar-refractivity contribution in [1.82, 2.24) is 10.3 Å². The average molecular weight is 508 g/mol. The van der Waals surface area contributed by atoms with E-state index in [-0.39, 0.29) is 17.7 Å². The molecule has 0 aliphatic heterocycles. The van der Waals surface area contributed by atoms with E-state index in [9.17, 15) is 9.59 Å². The van der Waals surface area contributed by atoms with Crippen LogP contribution in [0.4, 0.5) is 5.69 Å². The predicted octanol–water partition coefficient (Wildman–Crippen LogP) is 6.67. The maximum Gasteiger partial charge on any atom is 0.294 e. The highest BCUT2D eigenvalue weighted by molar-refractivity contribution is 7.13. The molecule has 5 aromatic rings. The summed E-state index contributed by atoms with van der Waals surface area (Å²) in [7, 11) is 0. The number of amides is 2. The lowest BCUT2D eigenvalue weighted by atomic mass is 10.0. The SMILES string of the molecule is C[C@H](NC(=O)C(c1cccnc1)N(C(=O)c1ccco1)c1ccc(-c2cccs2)cc1)c1ccccc1. The van der Waals surface area contributed by atoms with Gasteiger partial charge in [-0.25, -0.2) is 0 Å². The molecule has 5 rings (SSSR count). The molecule has 2 aromatic carbocycles. The summed E-state index contributed by atoms with van der Waals surface area (Å²) in [6.07, 6.45) is 4.70. The van der Waals surface area contributed by atoms with Gasteiger partial charge in [0.15, 0.2) is 5.76 Å². The van der Waals surface area contributed by atoms with Crippen molar-refractivity contribution in [3.05, 3.63) is 132 Å². The van der Waals surface area contributed by atoms with Crippen molar-refractivity contribution in [2.24, 2.45) is 0 Å². The number of furan rings is 1. The summed E-state index contributed by atoms with van der Waals surface area (Å²) < 4.78 is 5.46. The molecular formula is C30H25N3O3S. The summed E-state index contributed by atoms with van der Waals surface area (Å²) in [5, 5.41) is 5.11. The first-order valence-corrected chi connectivity index (χ1v) is 12.8. The van der Waals surface area contributed by atoms with E-state index in [0.717, 1.165) is 16.0 Å². The Morgan fingerprint density at radius 1 is 0.892 bits per heavy atom. The summed E-state index contributed by atoms with van der Waals surface area (Å²) in [5.74, 6) is -0.614. The number of carbonyl (C=O) groups is 2. The molecule has 3 heterocycles. The van der Waals surface area contributed by atoms with E-state index < -0.39 is 11.9 Å². The summed E-state index contributed by atoms with van der Waals surface area (Å²) in [6, 6.07) is 26.9. The molecule has 0 bridgehead atoms. The number of pyridine rings is 1. The first-order chi connectivity index (χ1) is 18.1. The van der Waals surface area contributed by atoms with Gasteiger partial charge < -0.3 is 9.73 Å². The Bertz CT molecular complexity index is 1440. The number of rotatable bonds is 8. The van der Waals surface area contributed by atoms with Crippen molar-refractivity contribution in [2.75, 3.05) is 4.90 Å². The van der Waals surface area contributed by atoms with E-state index in [1.807, 2.05) is 79.0 Å². The number of hydrogen-bond acceptors (Lipinski definition) is 5. The van der Waals surface area contributed by atoms with Gasteiger partial charge in [0.25, 0.3) is 5.91 Å². The van der Waals surface area contributed by atoms with Gasteiger partial charge in [-0.3, -0.25) is 19.5 Å². The molecule has 0 aliphatic rings. The lowest BCUT2D eigenvalue weighted by Crippen LogP contribution is -2.44. The van der Waals surface area contributed by atoms with Crippen LogP contribution in [0.25, 0.3) is 10.4 Å². The lowest BCUT2D eigenvalue weighted by Gasteiger charge is -2.31. The van der Waals surface area contributed by atoms with E-state index in [1.165, 1.54) is 11.2 Å². The van der Waals surface area contributed by atoms with Crippen molar-refractivity contribution in [3.8, 4) is 10.4 Å². The topological polar surface area (TPSA) is 75.4 Å². The zero-order valence-electron chi connectivity index (χ0n) is 20.2. The van der Waals surface area contributed by atoms with E-state index >= 15 is 0 Å². The second kappa shape index (κ2) is 11.1. The molecule has 0 saturated carbocycles. The molecule has 2 amide bonds. The largest absolute Gasteiger partial charge is 0.459 e. The molecule has 184 valence electrons. The molecular weight excluding hydrogens is 482 g/mol. The number of hydrogen-bond donors (Lipinski definition) is 1. The maximum atomic E-state index is 13.9. The van der Waals surface area contributed by atoms with Gasteiger partial charge in [0.1, 0.15) is 6.04 Å². The molecule has 0 fully saturated rings. The van der Waals surface area contributed by atoms with Crippen LogP contribution in [-0.2, 0) is 4.79 Å². The van der Waals surface area contributed by atoms with Crippen LogP contribution in [0.5, 0.6) is 0 Å². The third-order valence-electron chi connectivity index (χ3n) is 6.07. The van der Waals surface area contributed by atoms with E-state index in [1.54, 1.807) is 48.0 Å². The smallest absolute Gasteiger partial charge is 0.294 e. The van der Waals surface area contributed by atoms with Crippen LogP contribution in [-0.4, -0.2) is 16.8 Å². The van der Waals surface area contributed by atoms with E-state index in [0.29, 0.717) is 11.3 Å². The molecule has 0 spiro atoms. The third kappa shape index (κ3) is 5.37. The van der Waals surface area contributed by atoms with Crippen LogP contribution in [0.3, 0.4) is 0 Å². The molecule has 37 heavy (non-hydrogen) atoms. The Balaban J connectivity index is 1.56. The van der Waals surface area contributed by atoms with Crippen molar-refractivity contribution >= 4 is 28.8 Å². The average Bonchev–Trinajstić information content (AvgIpc) is 3.68. The quantitative estimate of drug-likeness (QED) is 0.255. The minimum atomic E-state index is -0.981. The number of anilines is 1. The summed E-state index contributed by atoms with van der Waals surface area (Å²) in [4.78, 5) is 34.6. The highest BCUT2D eigenvalue weighted by Gasteiger charge is 2.35. The zero-order chi connectivity index (χ0) is 25.6. The fourth-order valence-electron chi connectivity index (χ4n) is 4.20. The Morgan fingerprint density at radius 3 is 2.32 bits per heavy atom. The van der Waals surface area contributed by atoms with Crippen molar-refractivity contribution in [1.29, 1.82) is 0 Å². The number of aromatic nitrogens is 1. The van der Waals surface area contributed by atoms with Gasteiger partial charge in [-0.1, -0.05) is 54.6 Å². The number of benzene rings is 2. The van der Waals surface area contributed by atoms with Gasteiger partial charge in [0.05, 0.1) is 12.3 Å². The van der Waals surface area contributed by atoms with Gasteiger partial charge in [0.2, 0.25) is 5.91 Å². The second-order valence-corrected chi connectivity index (χ2v) is 9.45. The first-order valence-electron chi connectivity index (χ1n) is 11.9. The molecule has 3 aromatic heterocycles. The molecule has 6 nitrogen and oxygen atoms in total. The Kier molecular flexibility index (Phi) is 7.23. The van der Waals surface area contributed by atoms with Crippen molar-refractivity contribution in [2.45, 2.75) is 19.0 Å². The monoisotopic (exact) mass is 507 g/mol. The molecule has 1 N–H and O–H groups in total. The summed E-state index contributed by atoms with van der Waals surface area (Å²) >= 11 is 1.64. The van der Waals surface area contributed by atoms with Crippen LogP contribution < -0.4 is 10.2 Å². The number of carbonyl (C=O) groups excluding carboxylic acids is 2. The van der Waals surface area contributed by atoms with Crippen LogP contribution in [0.2, 0.25) is 0 Å². The highest BCUT2D eigenvalue weighted by Crippen LogP contribution is 2.33. The normalized spacial score (nSPS) is 12.5. The minimum Gasteiger partial charge on any atom is -0.459 e. The third-order valence-corrected chi connectivity index (χ3v) is 6.99. The zero-order valence-corrected chi connectivity index (χ0v) is 21.0. The Hall–Kier alpha value is -4.49. The van der Waals surface area contributed by atoms with Crippen LogP contribution in [0.15, 0.2) is 119 Å². The Labute approximate surface area is 219 Å². The van der Waals surface area contributed by atoms with Crippen LogP contribution in [0, 0.1) is 0 Å². The molecule has 1 unspecified atom stereocenters. The van der Waals surface area contributed by atoms with Gasteiger partial charge in [-0.2, -0.15) is 0 Å². The predicted molar refractivity (Wildman–Crippen MR) is 145 cm³/mol. The van der Waals surface area contributed by atoms with Gasteiger partial charge >= 0.3 is 0 Å². The van der Waals surface area contributed by atoms with Gasteiger partial charge in [-0.05, 0) is 59.8 Å². The lowest BCUT2D eigenvalue weighted by molar-refractivity contribution is -0.123. The fourth-order valence-corrected chi connectivity index (χ4v) is 4.94. The second-order valence-electron chi connectivity index (χ2n) is 8.51. The first kappa shape index (κ1) is 24.2. The molecule has 0 saturated heterocycles. The van der Waals surface area contributed by atoms with E-state index in [2.05, 4.69) is 10.3 Å². The Morgan fingerprint density at radius 2 is 1.68 bits per heavy atom. The highest BCUT2D eigenvalue weighted by atomic mass is 32.1. The van der Waals surface area contributed by atoms with E-state index in [4.69, 9.17) is 4.42 Å². The maximum absolute atomic E-state index is 13.9. The number of nitrogens with zero attached hydrogens (tertiary/aromatic N) is 2. The standard InChI is InChI=1S/C30H25N3O3S/c1-21(22-8-3-2-4-9-22)32-29(34)28(24-10-5-17-31-20-24)33(30(35)26-11-6-18-36-26)25-15-13-23(14-16-25)27-12-7-19-37-27/h2-21,28H,1H3,(H,32,34)/t21-,28?/m0/s1. The van der Waals surface area contributed by atoms with Gasteiger partial charge in [-0.15, -0.1) is 11.3 Å². The van der Waals surface area contributed by atoms with Crippen molar-refractivity contribution in [3.63, 3.8) is 0 Å². The molecule has 2 atom stereocenters. The fraction of sp³-hybridized carbons (Fsp3) is 0.100. The molecule has 0 aliphatic carbocycles. The van der Waals surface area contributed by atoms with Crippen LogP contribution in [0.1, 0.15) is 40.7 Å². The minimum absolute atomic E-state index is 0.139. The van der Waals surface area contributed by atoms with Crippen molar-refractivity contribution < 1.29 is 14.0 Å². The molecule has 7 heteroatoms. The molecule has 0 radical (unpaired) electrons. The number of thiophene rings is 1.